The second-order valence-electron chi connectivity index (χ2n) is 13.5. The third kappa shape index (κ3) is 5.33. The highest BCUT2D eigenvalue weighted by atomic mass is 28.4. The minimum atomic E-state index is -2.08. The van der Waals surface area contributed by atoms with Crippen LogP contribution in [0.25, 0.3) is 11.2 Å². The van der Waals surface area contributed by atoms with E-state index in [0.717, 1.165) is 0 Å². The molecule has 0 amide bonds. The molecule has 2 aliphatic heterocycles. The summed E-state index contributed by atoms with van der Waals surface area (Å²) in [5, 5.41) is 13.6. The zero-order valence-electron chi connectivity index (χ0n) is 24.1. The van der Waals surface area contributed by atoms with Gasteiger partial charge in [0.15, 0.2) is 27.8 Å². The average Bonchev–Trinajstić information content (AvgIpc) is 3.34. The molecule has 0 saturated carbocycles. The van der Waals surface area contributed by atoms with Crippen LogP contribution >= 0.6 is 0 Å². The third-order valence-corrected chi connectivity index (χ3v) is 17.8. The van der Waals surface area contributed by atoms with E-state index >= 15 is 0 Å². The van der Waals surface area contributed by atoms with Crippen molar-refractivity contribution in [2.45, 2.75) is 115 Å². The van der Waals surface area contributed by atoms with Crippen LogP contribution in [0.5, 0.6) is 0 Å². The van der Waals surface area contributed by atoms with Crippen molar-refractivity contribution in [1.29, 1.82) is 0 Å². The Morgan fingerprint density at radius 1 is 1.14 bits per heavy atom. The lowest BCUT2D eigenvalue weighted by Gasteiger charge is -2.40. The summed E-state index contributed by atoms with van der Waals surface area (Å²) in [6.07, 6.45) is 0.970. The molecule has 1 fully saturated rings. The summed E-state index contributed by atoms with van der Waals surface area (Å²) in [6, 6.07) is 0. The molecular formula is C25H45N5O5Si2. The fourth-order valence-corrected chi connectivity index (χ4v) is 6.61. The van der Waals surface area contributed by atoms with Gasteiger partial charge in [-0.05, 0) is 36.3 Å². The summed E-state index contributed by atoms with van der Waals surface area (Å²) in [5.41, 5.74) is 0.307. The summed E-state index contributed by atoms with van der Waals surface area (Å²) < 4.78 is 23.2. The van der Waals surface area contributed by atoms with E-state index < -0.39 is 29.1 Å². The summed E-state index contributed by atoms with van der Waals surface area (Å²) in [7, 11) is -4.07. The summed E-state index contributed by atoms with van der Waals surface area (Å²) in [4.78, 5) is 22.2. The van der Waals surface area contributed by atoms with Crippen molar-refractivity contribution < 1.29 is 18.7 Å². The van der Waals surface area contributed by atoms with Crippen LogP contribution in [0.1, 0.15) is 66.8 Å². The summed E-state index contributed by atoms with van der Waals surface area (Å²) >= 11 is 0. The number of rotatable bonds is 6. The van der Waals surface area contributed by atoms with E-state index in [1.165, 1.54) is 4.57 Å². The molecule has 208 valence electrons. The van der Waals surface area contributed by atoms with E-state index in [4.69, 9.17) is 13.6 Å². The van der Waals surface area contributed by atoms with Gasteiger partial charge in [0.2, 0.25) is 5.95 Å². The van der Waals surface area contributed by atoms with Crippen LogP contribution in [-0.2, 0) is 13.6 Å². The van der Waals surface area contributed by atoms with Crippen LogP contribution < -0.4 is 10.9 Å². The number of aliphatic hydroxyl groups is 1. The van der Waals surface area contributed by atoms with Crippen molar-refractivity contribution in [3.05, 3.63) is 16.7 Å². The minimum absolute atomic E-state index is 0.0550. The van der Waals surface area contributed by atoms with Crippen molar-refractivity contribution in [3.8, 4) is 0 Å². The van der Waals surface area contributed by atoms with Gasteiger partial charge in [-0.15, -0.1) is 0 Å². The van der Waals surface area contributed by atoms with Gasteiger partial charge in [-0.3, -0.25) is 9.36 Å². The maximum absolute atomic E-state index is 13.1. The number of ether oxygens (including phenoxy) is 1. The number of imidazole rings is 1. The zero-order valence-corrected chi connectivity index (χ0v) is 26.1. The SMILES string of the molecule is CC(C)(C)[Si](C)(C)OC[C@H]1O[C@@H](n2cnc3c(=O)n4c(nc32)NCCC4O)C[C@@H]1O[Si](C)(C)C(C)(C)C. The molecule has 4 heterocycles. The van der Waals surface area contributed by atoms with Crippen molar-refractivity contribution >= 4 is 33.7 Å². The molecule has 1 saturated heterocycles. The molecule has 4 rings (SSSR count). The van der Waals surface area contributed by atoms with Crippen molar-refractivity contribution in [2.24, 2.45) is 0 Å². The standard InChI is InChI=1S/C25H45N5O5Si2/c1-24(2,3)36(7,8)33-14-17-16(35-37(9,10)25(4,5)6)13-19(34-17)29-15-27-20-21(29)28-23-26-12-11-18(31)30(23)22(20)32/h15-19,31H,11-14H2,1-10H3,(H,26,28)/t16-,17+,18?,19+/m0/s1. The molecule has 12 heteroatoms. The van der Waals surface area contributed by atoms with Gasteiger partial charge in [0, 0.05) is 19.4 Å². The largest absolute Gasteiger partial charge is 0.414 e. The quantitative estimate of drug-likeness (QED) is 0.501. The maximum Gasteiger partial charge on any atom is 0.285 e. The number of aliphatic hydroxyl groups excluding tert-OH is 1. The monoisotopic (exact) mass is 551 g/mol. The smallest absolute Gasteiger partial charge is 0.285 e. The number of hydrogen-bond acceptors (Lipinski definition) is 8. The lowest BCUT2D eigenvalue weighted by atomic mass is 10.2. The maximum atomic E-state index is 13.1. The molecule has 0 aliphatic carbocycles. The highest BCUT2D eigenvalue weighted by Crippen LogP contribution is 2.43. The number of aromatic nitrogens is 4. The summed E-state index contributed by atoms with van der Waals surface area (Å²) in [5.74, 6) is 0.350. The minimum Gasteiger partial charge on any atom is -0.414 e. The van der Waals surface area contributed by atoms with E-state index in [0.29, 0.717) is 37.6 Å². The van der Waals surface area contributed by atoms with Gasteiger partial charge in [0.05, 0.1) is 19.0 Å². The normalized spacial score (nSPS) is 25.4. The number of nitrogens with one attached hydrogen (secondary N) is 1. The van der Waals surface area contributed by atoms with Crippen LogP contribution in [-0.4, -0.2) is 66.2 Å². The molecule has 2 aliphatic rings. The number of anilines is 1. The van der Waals surface area contributed by atoms with Crippen molar-refractivity contribution in [1.82, 2.24) is 19.1 Å². The first-order valence-corrected chi connectivity index (χ1v) is 19.1. The van der Waals surface area contributed by atoms with E-state index in [9.17, 15) is 9.90 Å². The molecule has 0 spiro atoms. The molecule has 0 radical (unpaired) electrons. The number of nitrogens with zero attached hydrogens (tertiary/aromatic N) is 4. The molecule has 0 aromatic carbocycles. The Morgan fingerprint density at radius 2 is 1.78 bits per heavy atom. The van der Waals surface area contributed by atoms with Gasteiger partial charge >= 0.3 is 0 Å². The van der Waals surface area contributed by atoms with Crippen LogP contribution in [0.4, 0.5) is 5.95 Å². The first-order chi connectivity index (χ1) is 16.9. The Bertz CT molecular complexity index is 1200. The molecule has 4 atom stereocenters. The van der Waals surface area contributed by atoms with E-state index in [1.807, 2.05) is 4.57 Å². The summed E-state index contributed by atoms with van der Waals surface area (Å²) in [6.45, 7) is 23.4. The van der Waals surface area contributed by atoms with Gasteiger partial charge in [0.1, 0.15) is 18.6 Å². The molecule has 0 bridgehead atoms. The molecule has 10 nitrogen and oxygen atoms in total. The molecular weight excluding hydrogens is 506 g/mol. The second kappa shape index (κ2) is 9.56. The average molecular weight is 552 g/mol. The first-order valence-electron chi connectivity index (χ1n) is 13.3. The lowest BCUT2D eigenvalue weighted by molar-refractivity contribution is -0.0383. The van der Waals surface area contributed by atoms with Crippen LogP contribution in [0.2, 0.25) is 36.3 Å². The van der Waals surface area contributed by atoms with Crippen LogP contribution in [0.15, 0.2) is 11.1 Å². The molecule has 2 aromatic heterocycles. The fraction of sp³-hybridized carbons (Fsp3) is 0.800. The molecule has 2 aromatic rings. The molecule has 1 unspecified atom stereocenters. The predicted octanol–water partition coefficient (Wildman–Crippen LogP) is 4.60. The van der Waals surface area contributed by atoms with E-state index in [1.54, 1.807) is 6.33 Å². The Balaban J connectivity index is 1.66. The highest BCUT2D eigenvalue weighted by Gasteiger charge is 2.47. The highest BCUT2D eigenvalue weighted by molar-refractivity contribution is 6.74. The third-order valence-electron chi connectivity index (χ3n) is 8.77. The predicted molar refractivity (Wildman–Crippen MR) is 150 cm³/mol. The van der Waals surface area contributed by atoms with Crippen molar-refractivity contribution in [2.75, 3.05) is 18.5 Å². The number of hydrogen-bond donors (Lipinski definition) is 2. The van der Waals surface area contributed by atoms with Gasteiger partial charge < -0.3 is 24.0 Å². The van der Waals surface area contributed by atoms with Crippen LogP contribution in [0.3, 0.4) is 0 Å². The van der Waals surface area contributed by atoms with Crippen LogP contribution in [0, 0.1) is 0 Å². The second-order valence-corrected chi connectivity index (χ2v) is 23.0. The molecule has 2 N–H and O–H groups in total. The first kappa shape index (κ1) is 28.4. The Hall–Kier alpha value is -1.58. The van der Waals surface area contributed by atoms with Gasteiger partial charge in [-0.25, -0.2) is 9.55 Å². The van der Waals surface area contributed by atoms with E-state index in [2.05, 4.69) is 83.0 Å². The molecule has 37 heavy (non-hydrogen) atoms. The topological polar surface area (TPSA) is 113 Å². The zero-order chi connectivity index (χ0) is 27.6. The van der Waals surface area contributed by atoms with E-state index in [-0.39, 0.29) is 33.4 Å². The van der Waals surface area contributed by atoms with Gasteiger partial charge in [-0.2, -0.15) is 4.98 Å². The Labute approximate surface area is 222 Å². The van der Waals surface area contributed by atoms with Gasteiger partial charge in [0.25, 0.3) is 5.56 Å². The lowest BCUT2D eigenvalue weighted by Crippen LogP contribution is -2.48. The number of fused-ring (bicyclic) bond motifs is 2. The van der Waals surface area contributed by atoms with Crippen molar-refractivity contribution in [3.63, 3.8) is 0 Å². The van der Waals surface area contributed by atoms with Gasteiger partial charge in [-0.1, -0.05) is 41.5 Å². The Morgan fingerprint density at radius 3 is 2.41 bits per heavy atom. The fourth-order valence-electron chi connectivity index (χ4n) is 4.24. The Kier molecular flexibility index (Phi) is 7.35.